The molecule has 10 nitrogen and oxygen atoms in total. The molecule has 0 saturated carbocycles. The van der Waals surface area contributed by atoms with Crippen molar-refractivity contribution in [1.82, 2.24) is 9.55 Å². The summed E-state index contributed by atoms with van der Waals surface area (Å²) in [4.78, 5) is 35.3. The maximum Gasteiger partial charge on any atom is 0.423 e. The van der Waals surface area contributed by atoms with Crippen LogP contribution in [-0.4, -0.2) is 38.4 Å². The zero-order valence-electron chi connectivity index (χ0n) is 15.2. The van der Waals surface area contributed by atoms with Crippen molar-refractivity contribution in [2.45, 2.75) is 37.6 Å². The van der Waals surface area contributed by atoms with Gasteiger partial charge in [0.25, 0.3) is 11.2 Å². The fraction of sp³-hybridized carbons (Fsp3) is 0.412. The van der Waals surface area contributed by atoms with Crippen molar-refractivity contribution in [3.8, 4) is 0 Å². The topological polar surface area (TPSA) is 137 Å². The molecule has 13 heteroatoms. The second-order valence-electron chi connectivity index (χ2n) is 6.54. The number of aliphatic hydroxyl groups is 1. The predicted molar refractivity (Wildman–Crippen MR) is 93.6 cm³/mol. The fourth-order valence-corrected chi connectivity index (χ4v) is 3.03. The summed E-state index contributed by atoms with van der Waals surface area (Å²) in [6.07, 6.45) is -8.28. The summed E-state index contributed by atoms with van der Waals surface area (Å²) in [6, 6.07) is 5.87. The van der Waals surface area contributed by atoms with Gasteiger partial charge in [0.1, 0.15) is 17.9 Å². The third kappa shape index (κ3) is 4.58. The smallest absolute Gasteiger partial charge is 0.390 e. The maximum absolute atomic E-state index is 12.9. The van der Waals surface area contributed by atoms with Crippen LogP contribution in [0.15, 0.2) is 40.1 Å². The average Bonchev–Trinajstić information content (AvgIpc) is 3.01. The zero-order valence-corrected chi connectivity index (χ0v) is 15.2. The Labute approximate surface area is 165 Å². The molecule has 0 aliphatic carbocycles. The minimum absolute atomic E-state index is 0.150. The first-order chi connectivity index (χ1) is 14.1. The molecule has 1 unspecified atom stereocenters. The molecular weight excluding hydrogens is 415 g/mol. The van der Waals surface area contributed by atoms with Crippen LogP contribution >= 0.6 is 0 Å². The van der Waals surface area contributed by atoms with Gasteiger partial charge >= 0.3 is 11.9 Å². The third-order valence-electron chi connectivity index (χ3n) is 4.52. The number of aliphatic hydroxyl groups excluding tert-OH is 1. The molecule has 162 valence electrons. The lowest BCUT2D eigenvalue weighted by Crippen LogP contribution is -2.36. The van der Waals surface area contributed by atoms with E-state index in [2.05, 4.69) is 0 Å². The van der Waals surface area contributed by atoms with Crippen molar-refractivity contribution in [3.63, 3.8) is 0 Å². The van der Waals surface area contributed by atoms with E-state index in [0.29, 0.717) is 16.3 Å². The number of alkyl halides is 3. The predicted octanol–water partition coefficient (Wildman–Crippen LogP) is 1.33. The van der Waals surface area contributed by atoms with Crippen LogP contribution in [0.1, 0.15) is 23.8 Å². The monoisotopic (exact) mass is 431 g/mol. The normalized spacial score (nSPS) is 21.7. The van der Waals surface area contributed by atoms with Gasteiger partial charge in [-0.15, -0.1) is 0 Å². The van der Waals surface area contributed by atoms with Gasteiger partial charge in [0.2, 0.25) is 0 Å². The van der Waals surface area contributed by atoms with Gasteiger partial charge in [-0.25, -0.2) is 4.79 Å². The summed E-state index contributed by atoms with van der Waals surface area (Å²) in [6.45, 7) is -0.390. The lowest BCUT2D eigenvalue weighted by atomic mass is 10.2. The number of nitrogens with zero attached hydrogens (tertiary/aromatic N) is 2. The number of H-pyrrole nitrogens is 1. The molecule has 1 aliphatic heterocycles. The summed E-state index contributed by atoms with van der Waals surface area (Å²) < 4.78 is 50.1. The van der Waals surface area contributed by atoms with E-state index in [4.69, 9.17) is 9.47 Å². The van der Waals surface area contributed by atoms with E-state index in [1.807, 2.05) is 0 Å². The molecule has 2 heterocycles. The number of halogens is 3. The fourth-order valence-electron chi connectivity index (χ4n) is 3.03. The lowest BCUT2D eigenvalue weighted by molar-refractivity contribution is -0.386. The van der Waals surface area contributed by atoms with Crippen LogP contribution in [0.4, 0.5) is 18.9 Å². The number of nitro groups is 1. The molecule has 3 rings (SSSR count). The Hall–Kier alpha value is -3.03. The van der Waals surface area contributed by atoms with Crippen LogP contribution in [0, 0.1) is 10.1 Å². The SMILES string of the molecule is O=c1[nH]c(=O)n([C@@H]2CC(O)[C@H](COCc3ccccc3[N+](=O)[O-])O2)cc1C(F)(F)F. The zero-order chi connectivity index (χ0) is 22.1. The van der Waals surface area contributed by atoms with Gasteiger partial charge < -0.3 is 14.6 Å². The molecular formula is C17H16F3N3O7. The highest BCUT2D eigenvalue weighted by molar-refractivity contribution is 5.39. The lowest BCUT2D eigenvalue weighted by Gasteiger charge is -2.17. The second-order valence-corrected chi connectivity index (χ2v) is 6.54. The van der Waals surface area contributed by atoms with Crippen molar-refractivity contribution in [1.29, 1.82) is 0 Å². The number of benzene rings is 1. The van der Waals surface area contributed by atoms with Crippen LogP contribution in [0.5, 0.6) is 0 Å². The van der Waals surface area contributed by atoms with E-state index in [-0.39, 0.29) is 25.3 Å². The molecule has 1 saturated heterocycles. The molecule has 0 bridgehead atoms. The van der Waals surface area contributed by atoms with Gasteiger partial charge in [-0.3, -0.25) is 24.5 Å². The van der Waals surface area contributed by atoms with Crippen LogP contribution in [0.2, 0.25) is 0 Å². The molecule has 1 fully saturated rings. The van der Waals surface area contributed by atoms with Crippen LogP contribution in [-0.2, 0) is 22.3 Å². The van der Waals surface area contributed by atoms with Crippen LogP contribution < -0.4 is 11.2 Å². The summed E-state index contributed by atoms with van der Waals surface area (Å²) in [5.74, 6) is 0. The summed E-state index contributed by atoms with van der Waals surface area (Å²) >= 11 is 0. The minimum Gasteiger partial charge on any atom is -0.390 e. The van der Waals surface area contributed by atoms with E-state index in [9.17, 15) is 38.0 Å². The van der Waals surface area contributed by atoms with Gasteiger partial charge in [0.05, 0.1) is 29.8 Å². The Morgan fingerprint density at radius 3 is 2.70 bits per heavy atom. The highest BCUT2D eigenvalue weighted by atomic mass is 19.4. The molecule has 3 atom stereocenters. The van der Waals surface area contributed by atoms with Crippen molar-refractivity contribution in [3.05, 3.63) is 72.5 Å². The Bertz CT molecular complexity index is 1050. The molecule has 0 radical (unpaired) electrons. The average molecular weight is 431 g/mol. The standard InChI is InChI=1S/C17H16F3N3O7/c18-17(19,20)10-6-22(16(26)21-15(10)25)14-5-12(24)13(30-14)8-29-7-9-3-1-2-4-11(9)23(27)28/h1-4,6,12-14,24H,5,7-8H2,(H,21,25,26)/t12?,13-,14-/m0/s1. The number of aromatic amines is 1. The first-order valence-electron chi connectivity index (χ1n) is 8.64. The van der Waals surface area contributed by atoms with E-state index in [0.717, 1.165) is 0 Å². The molecule has 2 N–H and O–H groups in total. The largest absolute Gasteiger partial charge is 0.423 e. The number of rotatable bonds is 6. The van der Waals surface area contributed by atoms with Crippen molar-refractivity contribution in [2.24, 2.45) is 0 Å². The second kappa shape index (κ2) is 8.38. The summed E-state index contributed by atoms with van der Waals surface area (Å²) in [5, 5.41) is 21.1. The molecule has 30 heavy (non-hydrogen) atoms. The van der Waals surface area contributed by atoms with Crippen LogP contribution in [0.25, 0.3) is 0 Å². The van der Waals surface area contributed by atoms with E-state index < -0.39 is 46.3 Å². The molecule has 1 aliphatic rings. The summed E-state index contributed by atoms with van der Waals surface area (Å²) in [5.41, 5.74) is -4.13. The van der Waals surface area contributed by atoms with Gasteiger partial charge in [0, 0.05) is 18.7 Å². The first-order valence-corrected chi connectivity index (χ1v) is 8.64. The molecule has 1 aromatic carbocycles. The summed E-state index contributed by atoms with van der Waals surface area (Å²) in [7, 11) is 0. The number of nitro benzene ring substituents is 1. The Kier molecular flexibility index (Phi) is 6.05. The first kappa shape index (κ1) is 21.7. The number of para-hydroxylation sites is 1. The maximum atomic E-state index is 12.9. The molecule has 0 spiro atoms. The minimum atomic E-state index is -4.98. The third-order valence-corrected chi connectivity index (χ3v) is 4.52. The van der Waals surface area contributed by atoms with Gasteiger partial charge in [-0.1, -0.05) is 12.1 Å². The van der Waals surface area contributed by atoms with E-state index in [1.165, 1.54) is 18.2 Å². The number of aromatic nitrogens is 2. The van der Waals surface area contributed by atoms with Gasteiger partial charge in [-0.2, -0.15) is 13.2 Å². The highest BCUT2D eigenvalue weighted by Gasteiger charge is 2.39. The van der Waals surface area contributed by atoms with Crippen molar-refractivity contribution >= 4 is 5.69 Å². The quantitative estimate of drug-likeness (QED) is 0.520. The number of hydrogen-bond acceptors (Lipinski definition) is 7. The Morgan fingerprint density at radius 1 is 1.33 bits per heavy atom. The van der Waals surface area contributed by atoms with Gasteiger partial charge in [0.15, 0.2) is 0 Å². The number of nitrogens with one attached hydrogen (secondary N) is 1. The molecule has 2 aromatic rings. The van der Waals surface area contributed by atoms with Gasteiger partial charge in [-0.05, 0) is 6.07 Å². The molecule has 1 aromatic heterocycles. The number of ether oxygens (including phenoxy) is 2. The van der Waals surface area contributed by atoms with Crippen LogP contribution in [0.3, 0.4) is 0 Å². The van der Waals surface area contributed by atoms with E-state index >= 15 is 0 Å². The highest BCUT2D eigenvalue weighted by Crippen LogP contribution is 2.30. The Balaban J connectivity index is 1.69. The van der Waals surface area contributed by atoms with Crippen molar-refractivity contribution in [2.75, 3.05) is 6.61 Å². The Morgan fingerprint density at radius 2 is 2.03 bits per heavy atom. The number of hydrogen-bond donors (Lipinski definition) is 2. The molecule has 0 amide bonds. The van der Waals surface area contributed by atoms with E-state index in [1.54, 1.807) is 11.1 Å². The van der Waals surface area contributed by atoms with Crippen molar-refractivity contribution < 1.29 is 32.7 Å².